The Kier molecular flexibility index (Phi) is 7.19. The van der Waals surface area contributed by atoms with Gasteiger partial charge in [-0.2, -0.15) is 5.10 Å². The third-order valence-electron chi connectivity index (χ3n) is 4.54. The van der Waals surface area contributed by atoms with E-state index in [-0.39, 0.29) is 11.7 Å². The van der Waals surface area contributed by atoms with E-state index in [0.717, 1.165) is 25.7 Å². The van der Waals surface area contributed by atoms with Crippen molar-refractivity contribution in [1.82, 2.24) is 20.2 Å². The van der Waals surface area contributed by atoms with Crippen LogP contribution >= 0.6 is 39.0 Å². The van der Waals surface area contributed by atoms with E-state index in [9.17, 15) is 4.79 Å². The molecule has 0 aliphatic heterocycles. The minimum atomic E-state index is -0.211. The second-order valence-corrected chi connectivity index (χ2v) is 10.5. The van der Waals surface area contributed by atoms with Crippen molar-refractivity contribution in [1.29, 1.82) is 0 Å². The first-order valence-corrected chi connectivity index (χ1v) is 12.4. The van der Waals surface area contributed by atoms with Gasteiger partial charge < -0.3 is 0 Å². The summed E-state index contributed by atoms with van der Waals surface area (Å²) in [5.41, 5.74) is 6.82. The van der Waals surface area contributed by atoms with E-state index < -0.39 is 0 Å². The van der Waals surface area contributed by atoms with Crippen molar-refractivity contribution in [2.24, 2.45) is 5.10 Å². The van der Waals surface area contributed by atoms with Crippen LogP contribution in [0.2, 0.25) is 0 Å². The van der Waals surface area contributed by atoms with Gasteiger partial charge in [-0.1, -0.05) is 59.3 Å². The first kappa shape index (κ1) is 22.4. The molecule has 2 aromatic heterocycles. The standard InChI is InChI=1S/C23H20BrN5OS2/c1-15-3-7-17(8-4-15)22-27-28-23(29(22)18-9-5-16(2)6-10-18)31-14-21(30)26-25-13-19-11-12-20(24)32-19/h3-13H,14H2,1-2H3,(H,26,30)/b25-13-. The zero-order chi connectivity index (χ0) is 22.5. The van der Waals surface area contributed by atoms with E-state index in [2.05, 4.69) is 36.7 Å². The number of benzene rings is 2. The molecule has 0 bridgehead atoms. The maximum Gasteiger partial charge on any atom is 0.250 e. The summed E-state index contributed by atoms with van der Waals surface area (Å²) in [6.45, 7) is 4.10. The fraction of sp³-hybridized carbons (Fsp3) is 0.130. The highest BCUT2D eigenvalue weighted by Gasteiger charge is 2.17. The molecule has 0 aliphatic rings. The molecule has 2 heterocycles. The highest BCUT2D eigenvalue weighted by atomic mass is 79.9. The Morgan fingerprint density at radius 1 is 1.06 bits per heavy atom. The van der Waals surface area contributed by atoms with Gasteiger partial charge in [0.25, 0.3) is 5.91 Å². The lowest BCUT2D eigenvalue weighted by Gasteiger charge is -2.11. The number of halogens is 1. The van der Waals surface area contributed by atoms with E-state index in [0.29, 0.717) is 5.16 Å². The molecule has 0 atom stereocenters. The summed E-state index contributed by atoms with van der Waals surface area (Å²) >= 11 is 6.27. The molecule has 4 rings (SSSR count). The Morgan fingerprint density at radius 2 is 1.75 bits per heavy atom. The van der Waals surface area contributed by atoms with Crippen molar-refractivity contribution in [2.45, 2.75) is 19.0 Å². The lowest BCUT2D eigenvalue weighted by Crippen LogP contribution is -2.19. The number of carbonyl (C=O) groups is 1. The number of hydrogen-bond donors (Lipinski definition) is 1. The van der Waals surface area contributed by atoms with Crippen LogP contribution in [0.15, 0.2) is 74.7 Å². The first-order valence-electron chi connectivity index (χ1n) is 9.79. The zero-order valence-corrected chi connectivity index (χ0v) is 20.7. The predicted octanol–water partition coefficient (Wildman–Crippen LogP) is 5.62. The molecule has 0 fully saturated rings. The molecule has 6 nitrogen and oxygen atoms in total. The molecule has 1 amide bonds. The molecule has 0 unspecified atom stereocenters. The molecule has 0 saturated heterocycles. The van der Waals surface area contributed by atoms with Gasteiger partial charge in [0, 0.05) is 16.1 Å². The lowest BCUT2D eigenvalue weighted by molar-refractivity contribution is -0.118. The summed E-state index contributed by atoms with van der Waals surface area (Å²) < 4.78 is 3.00. The fourth-order valence-corrected chi connectivity index (χ4v) is 4.95. The van der Waals surface area contributed by atoms with Crippen LogP contribution < -0.4 is 5.43 Å². The van der Waals surface area contributed by atoms with Crippen molar-refractivity contribution < 1.29 is 4.79 Å². The van der Waals surface area contributed by atoms with Crippen molar-refractivity contribution in [3.63, 3.8) is 0 Å². The fourth-order valence-electron chi connectivity index (χ4n) is 2.91. The molecule has 32 heavy (non-hydrogen) atoms. The number of nitrogens with zero attached hydrogens (tertiary/aromatic N) is 4. The van der Waals surface area contributed by atoms with Gasteiger partial charge >= 0.3 is 0 Å². The molecule has 2 aromatic carbocycles. The van der Waals surface area contributed by atoms with Crippen LogP contribution in [0, 0.1) is 13.8 Å². The molecule has 0 aliphatic carbocycles. The van der Waals surface area contributed by atoms with E-state index >= 15 is 0 Å². The maximum absolute atomic E-state index is 12.3. The van der Waals surface area contributed by atoms with Gasteiger partial charge in [0.05, 0.1) is 15.8 Å². The predicted molar refractivity (Wildman–Crippen MR) is 135 cm³/mol. The molecular formula is C23H20BrN5OS2. The number of thioether (sulfide) groups is 1. The minimum absolute atomic E-state index is 0.170. The molecule has 1 N–H and O–H groups in total. The number of hydrogen-bond acceptors (Lipinski definition) is 6. The Hall–Kier alpha value is -2.75. The van der Waals surface area contributed by atoms with E-state index in [1.165, 1.54) is 22.9 Å². The molecule has 4 aromatic rings. The van der Waals surface area contributed by atoms with Crippen LogP contribution in [-0.4, -0.2) is 32.6 Å². The highest BCUT2D eigenvalue weighted by molar-refractivity contribution is 9.11. The Morgan fingerprint density at radius 3 is 2.41 bits per heavy atom. The van der Waals surface area contributed by atoms with Crippen molar-refractivity contribution in [3.8, 4) is 17.1 Å². The molecule has 162 valence electrons. The lowest BCUT2D eigenvalue weighted by atomic mass is 10.1. The average molecular weight is 526 g/mol. The van der Waals surface area contributed by atoms with E-state index in [1.54, 1.807) is 17.6 Å². The molecule has 9 heteroatoms. The molecular weight excluding hydrogens is 506 g/mol. The summed E-state index contributed by atoms with van der Waals surface area (Å²) in [7, 11) is 0. The SMILES string of the molecule is Cc1ccc(-c2nnc(SCC(=O)N/N=C\c3ccc(Br)s3)n2-c2ccc(C)cc2)cc1. The summed E-state index contributed by atoms with van der Waals surface area (Å²) in [4.78, 5) is 13.3. The summed E-state index contributed by atoms with van der Waals surface area (Å²) in [6, 6.07) is 20.2. The first-order chi connectivity index (χ1) is 15.5. The van der Waals surface area contributed by atoms with Crippen LogP contribution in [0.25, 0.3) is 17.1 Å². The van der Waals surface area contributed by atoms with Gasteiger partial charge in [-0.15, -0.1) is 21.5 Å². The third kappa shape index (κ3) is 5.53. The van der Waals surface area contributed by atoms with Gasteiger partial charge in [0.1, 0.15) is 0 Å². The van der Waals surface area contributed by atoms with E-state index in [1.807, 2.05) is 79.1 Å². The molecule has 0 spiro atoms. The Balaban J connectivity index is 1.52. The number of rotatable bonds is 7. The summed E-state index contributed by atoms with van der Waals surface area (Å²) in [5.74, 6) is 0.693. The minimum Gasteiger partial charge on any atom is -0.272 e. The number of nitrogens with one attached hydrogen (secondary N) is 1. The number of carbonyl (C=O) groups excluding carboxylic acids is 1. The van der Waals surface area contributed by atoms with Crippen molar-refractivity contribution >= 4 is 51.2 Å². The topological polar surface area (TPSA) is 72.2 Å². The molecule has 0 radical (unpaired) electrons. The van der Waals surface area contributed by atoms with Crippen LogP contribution in [0.4, 0.5) is 0 Å². The van der Waals surface area contributed by atoms with Crippen LogP contribution in [0.1, 0.15) is 16.0 Å². The smallest absolute Gasteiger partial charge is 0.250 e. The van der Waals surface area contributed by atoms with Gasteiger partial charge in [0.15, 0.2) is 11.0 Å². The Bertz CT molecular complexity index is 1250. The number of thiophene rings is 1. The number of hydrazone groups is 1. The quantitative estimate of drug-likeness (QED) is 0.193. The van der Waals surface area contributed by atoms with Crippen LogP contribution in [0.3, 0.4) is 0 Å². The van der Waals surface area contributed by atoms with Crippen LogP contribution in [0.5, 0.6) is 0 Å². The van der Waals surface area contributed by atoms with Gasteiger partial charge in [0.2, 0.25) is 0 Å². The summed E-state index contributed by atoms with van der Waals surface area (Å²) in [6.07, 6.45) is 1.63. The van der Waals surface area contributed by atoms with Crippen LogP contribution in [-0.2, 0) is 4.79 Å². The maximum atomic E-state index is 12.3. The largest absolute Gasteiger partial charge is 0.272 e. The Labute approximate surface area is 202 Å². The zero-order valence-electron chi connectivity index (χ0n) is 17.4. The monoisotopic (exact) mass is 525 g/mol. The number of aryl methyl sites for hydroxylation is 2. The summed E-state index contributed by atoms with van der Waals surface area (Å²) in [5, 5.41) is 13.5. The normalized spacial score (nSPS) is 11.2. The van der Waals surface area contributed by atoms with Crippen molar-refractivity contribution in [3.05, 3.63) is 80.5 Å². The van der Waals surface area contributed by atoms with E-state index in [4.69, 9.17) is 0 Å². The number of aromatic nitrogens is 3. The van der Waals surface area contributed by atoms with Crippen molar-refractivity contribution in [2.75, 3.05) is 5.75 Å². The van der Waals surface area contributed by atoms with Gasteiger partial charge in [-0.25, -0.2) is 5.43 Å². The molecule has 0 saturated carbocycles. The highest BCUT2D eigenvalue weighted by Crippen LogP contribution is 2.28. The van der Waals surface area contributed by atoms with Gasteiger partial charge in [-0.3, -0.25) is 9.36 Å². The third-order valence-corrected chi connectivity index (χ3v) is 7.03. The van der Waals surface area contributed by atoms with Gasteiger partial charge in [-0.05, 0) is 54.0 Å². The average Bonchev–Trinajstić information content (AvgIpc) is 3.39. The second-order valence-electron chi connectivity index (χ2n) is 7.07. The number of amides is 1. The second kappa shape index (κ2) is 10.2.